The summed E-state index contributed by atoms with van der Waals surface area (Å²) in [6.07, 6.45) is 1.77. The predicted octanol–water partition coefficient (Wildman–Crippen LogP) is 1.45. The Kier molecular flexibility index (Phi) is 3.19. The molecule has 20 heavy (non-hydrogen) atoms. The summed E-state index contributed by atoms with van der Waals surface area (Å²) in [5.74, 6) is -0.842. The second-order valence-electron chi connectivity index (χ2n) is 5.00. The first-order chi connectivity index (χ1) is 9.57. The maximum Gasteiger partial charge on any atom is 0.255 e. The van der Waals surface area contributed by atoms with Gasteiger partial charge < -0.3 is 19.6 Å². The van der Waals surface area contributed by atoms with Crippen LogP contribution in [-0.2, 0) is 4.74 Å². The minimum atomic E-state index is -1.03. The van der Waals surface area contributed by atoms with E-state index in [4.69, 9.17) is 9.15 Å². The Labute approximate surface area is 114 Å². The first kappa shape index (κ1) is 13.1. The molecule has 5 nitrogen and oxygen atoms in total. The maximum atomic E-state index is 13.2. The van der Waals surface area contributed by atoms with E-state index in [1.165, 1.54) is 24.5 Å². The molecule has 0 aliphatic carbocycles. The molecule has 2 heterocycles. The molecule has 1 saturated heterocycles. The minimum Gasteiger partial charge on any atom is -0.463 e. The molecule has 6 heteroatoms. The molecule has 0 saturated carbocycles. The molecular formula is C14H14FNO4. The molecule has 1 aromatic heterocycles. The number of furan rings is 1. The van der Waals surface area contributed by atoms with Crippen molar-refractivity contribution in [2.24, 2.45) is 0 Å². The molecule has 2 aromatic rings. The van der Waals surface area contributed by atoms with E-state index in [0.29, 0.717) is 24.0 Å². The van der Waals surface area contributed by atoms with Gasteiger partial charge >= 0.3 is 0 Å². The van der Waals surface area contributed by atoms with Gasteiger partial charge in [0.25, 0.3) is 5.91 Å². The van der Waals surface area contributed by atoms with Crippen molar-refractivity contribution >= 4 is 16.9 Å². The van der Waals surface area contributed by atoms with Crippen LogP contribution in [0.25, 0.3) is 11.0 Å². The lowest BCUT2D eigenvalue weighted by atomic mass is 10.0. The summed E-state index contributed by atoms with van der Waals surface area (Å²) in [5.41, 5.74) is -0.332. The van der Waals surface area contributed by atoms with Gasteiger partial charge in [0.05, 0.1) is 12.2 Å². The second-order valence-corrected chi connectivity index (χ2v) is 5.00. The number of halogens is 1. The van der Waals surface area contributed by atoms with Crippen molar-refractivity contribution in [3.05, 3.63) is 35.8 Å². The predicted molar refractivity (Wildman–Crippen MR) is 68.9 cm³/mol. The number of carbonyl (C=O) groups excluding carboxylic acids is 1. The normalized spacial score (nSPS) is 22.3. The summed E-state index contributed by atoms with van der Waals surface area (Å²) in [6, 6.07) is 3.99. The van der Waals surface area contributed by atoms with Gasteiger partial charge in [-0.1, -0.05) is 0 Å². The lowest BCUT2D eigenvalue weighted by molar-refractivity contribution is 0.0265. The van der Waals surface area contributed by atoms with Crippen molar-refractivity contribution in [2.75, 3.05) is 19.8 Å². The Balaban J connectivity index is 1.77. The van der Waals surface area contributed by atoms with Crippen LogP contribution in [0, 0.1) is 5.82 Å². The fourth-order valence-corrected chi connectivity index (χ4v) is 2.25. The number of carbonyl (C=O) groups is 1. The van der Waals surface area contributed by atoms with Gasteiger partial charge in [0.1, 0.15) is 23.3 Å². The molecule has 1 unspecified atom stereocenters. The molecule has 2 N–H and O–H groups in total. The molecular weight excluding hydrogens is 265 g/mol. The molecule has 1 aliphatic rings. The molecule has 0 spiro atoms. The maximum absolute atomic E-state index is 13.2. The van der Waals surface area contributed by atoms with E-state index in [9.17, 15) is 14.3 Å². The number of hydrogen-bond donors (Lipinski definition) is 2. The van der Waals surface area contributed by atoms with Crippen LogP contribution < -0.4 is 5.32 Å². The van der Waals surface area contributed by atoms with Crippen molar-refractivity contribution in [3.63, 3.8) is 0 Å². The largest absolute Gasteiger partial charge is 0.463 e. The quantitative estimate of drug-likeness (QED) is 0.892. The smallest absolute Gasteiger partial charge is 0.255 e. The number of aliphatic hydroxyl groups is 1. The summed E-state index contributed by atoms with van der Waals surface area (Å²) >= 11 is 0. The van der Waals surface area contributed by atoms with Crippen LogP contribution in [0.5, 0.6) is 0 Å². The van der Waals surface area contributed by atoms with Gasteiger partial charge in [0.15, 0.2) is 0 Å². The standard InChI is InChI=1S/C14H14FNO4/c15-9-1-2-12-10(5-9)11(6-20-12)13(17)16-7-14(18)3-4-19-8-14/h1-2,5-6,18H,3-4,7-8H2,(H,16,17). The molecule has 1 aliphatic heterocycles. The fourth-order valence-electron chi connectivity index (χ4n) is 2.25. The highest BCUT2D eigenvalue weighted by Gasteiger charge is 2.32. The van der Waals surface area contributed by atoms with E-state index in [2.05, 4.69) is 5.32 Å². The molecule has 1 amide bonds. The van der Waals surface area contributed by atoms with Crippen molar-refractivity contribution in [1.29, 1.82) is 0 Å². The Morgan fingerprint density at radius 3 is 3.10 bits per heavy atom. The Bertz CT molecular complexity index is 646. The number of rotatable bonds is 3. The summed E-state index contributed by atoms with van der Waals surface area (Å²) in [5, 5.41) is 13.1. The summed E-state index contributed by atoms with van der Waals surface area (Å²) in [7, 11) is 0. The zero-order valence-corrected chi connectivity index (χ0v) is 10.7. The van der Waals surface area contributed by atoms with E-state index >= 15 is 0 Å². The second kappa shape index (κ2) is 4.88. The monoisotopic (exact) mass is 279 g/mol. The van der Waals surface area contributed by atoms with Gasteiger partial charge in [0.2, 0.25) is 0 Å². The third kappa shape index (κ3) is 2.39. The topological polar surface area (TPSA) is 71.7 Å². The highest BCUT2D eigenvalue weighted by molar-refractivity contribution is 6.05. The summed E-state index contributed by atoms with van der Waals surface area (Å²) < 4.78 is 23.5. The summed E-state index contributed by atoms with van der Waals surface area (Å²) in [4.78, 5) is 12.1. The number of nitrogens with one attached hydrogen (secondary N) is 1. The zero-order chi connectivity index (χ0) is 14.2. The average molecular weight is 279 g/mol. The van der Waals surface area contributed by atoms with Gasteiger partial charge in [-0.25, -0.2) is 4.39 Å². The number of amides is 1. The number of fused-ring (bicyclic) bond motifs is 1. The number of hydrogen-bond acceptors (Lipinski definition) is 4. The van der Waals surface area contributed by atoms with Gasteiger partial charge in [-0.15, -0.1) is 0 Å². The van der Waals surface area contributed by atoms with Gasteiger partial charge in [-0.05, 0) is 18.2 Å². The van der Waals surface area contributed by atoms with Crippen LogP contribution in [0.2, 0.25) is 0 Å². The third-order valence-electron chi connectivity index (χ3n) is 3.44. The number of benzene rings is 1. The molecule has 0 radical (unpaired) electrons. The van der Waals surface area contributed by atoms with E-state index < -0.39 is 17.3 Å². The Hall–Kier alpha value is -1.92. The van der Waals surface area contributed by atoms with E-state index in [1.807, 2.05) is 0 Å². The number of ether oxygens (including phenoxy) is 1. The van der Waals surface area contributed by atoms with E-state index in [0.717, 1.165) is 0 Å². The van der Waals surface area contributed by atoms with Crippen LogP contribution in [0.4, 0.5) is 4.39 Å². The summed E-state index contributed by atoms with van der Waals surface area (Å²) in [6.45, 7) is 0.772. The SMILES string of the molecule is O=C(NCC1(O)CCOC1)c1coc2ccc(F)cc12. The van der Waals surface area contributed by atoms with Crippen molar-refractivity contribution < 1.29 is 23.4 Å². The fraction of sp³-hybridized carbons (Fsp3) is 0.357. The van der Waals surface area contributed by atoms with Crippen LogP contribution in [0.3, 0.4) is 0 Å². The lowest BCUT2D eigenvalue weighted by Gasteiger charge is -2.20. The molecule has 0 bridgehead atoms. The average Bonchev–Trinajstić information content (AvgIpc) is 3.03. The first-order valence-corrected chi connectivity index (χ1v) is 6.32. The van der Waals surface area contributed by atoms with Crippen LogP contribution >= 0.6 is 0 Å². The minimum absolute atomic E-state index is 0.0911. The molecule has 1 atom stereocenters. The molecule has 1 aromatic carbocycles. The van der Waals surface area contributed by atoms with Crippen LogP contribution in [0.1, 0.15) is 16.8 Å². The van der Waals surface area contributed by atoms with Crippen molar-refractivity contribution in [2.45, 2.75) is 12.0 Å². The van der Waals surface area contributed by atoms with Gasteiger partial charge in [-0.2, -0.15) is 0 Å². The highest BCUT2D eigenvalue weighted by Crippen LogP contribution is 2.22. The van der Waals surface area contributed by atoms with Gasteiger partial charge in [0, 0.05) is 25.0 Å². The lowest BCUT2D eigenvalue weighted by Crippen LogP contribution is -2.43. The van der Waals surface area contributed by atoms with Crippen LogP contribution in [-0.4, -0.2) is 36.4 Å². The Morgan fingerprint density at radius 1 is 1.50 bits per heavy atom. The third-order valence-corrected chi connectivity index (χ3v) is 3.44. The van der Waals surface area contributed by atoms with Crippen molar-refractivity contribution in [1.82, 2.24) is 5.32 Å². The molecule has 106 valence electrons. The molecule has 3 rings (SSSR count). The Morgan fingerprint density at radius 2 is 2.35 bits per heavy atom. The first-order valence-electron chi connectivity index (χ1n) is 6.32. The molecule has 1 fully saturated rings. The van der Waals surface area contributed by atoms with Crippen molar-refractivity contribution in [3.8, 4) is 0 Å². The zero-order valence-electron chi connectivity index (χ0n) is 10.7. The van der Waals surface area contributed by atoms with Gasteiger partial charge in [-0.3, -0.25) is 4.79 Å². The van der Waals surface area contributed by atoms with E-state index in [1.54, 1.807) is 0 Å². The van der Waals surface area contributed by atoms with E-state index in [-0.39, 0.29) is 18.7 Å². The van der Waals surface area contributed by atoms with Crippen LogP contribution in [0.15, 0.2) is 28.9 Å². The highest BCUT2D eigenvalue weighted by atomic mass is 19.1.